The van der Waals surface area contributed by atoms with Crippen molar-refractivity contribution < 1.29 is 9.90 Å². The highest BCUT2D eigenvalue weighted by atomic mass is 16.3. The number of carbonyl (C=O) groups excluding carboxylic acids is 1. The first kappa shape index (κ1) is 13.3. The summed E-state index contributed by atoms with van der Waals surface area (Å²) < 4.78 is 0. The highest BCUT2D eigenvalue weighted by Crippen LogP contribution is 2.31. The summed E-state index contributed by atoms with van der Waals surface area (Å²) >= 11 is 0. The Balaban J connectivity index is 1.99. The summed E-state index contributed by atoms with van der Waals surface area (Å²) in [4.78, 5) is 12.2. The van der Waals surface area contributed by atoms with Crippen LogP contribution >= 0.6 is 0 Å². The van der Waals surface area contributed by atoms with Crippen molar-refractivity contribution >= 4 is 5.78 Å². The second-order valence-corrected chi connectivity index (χ2v) is 5.45. The minimum absolute atomic E-state index is 0.107. The third-order valence-electron chi connectivity index (χ3n) is 3.88. The van der Waals surface area contributed by atoms with Crippen LogP contribution in [-0.4, -0.2) is 16.5 Å². The van der Waals surface area contributed by atoms with Crippen molar-refractivity contribution in [1.29, 1.82) is 0 Å². The number of allylic oxidation sites excluding steroid dienone is 6. The van der Waals surface area contributed by atoms with Gasteiger partial charge in [0.2, 0.25) is 0 Å². The third kappa shape index (κ3) is 3.67. The molecule has 98 valence electrons. The maximum Gasteiger partial charge on any atom is 0.162 e. The fourth-order valence-corrected chi connectivity index (χ4v) is 2.76. The summed E-state index contributed by atoms with van der Waals surface area (Å²) in [5.74, 6) is 0.107. The van der Waals surface area contributed by atoms with Gasteiger partial charge in [0.25, 0.3) is 0 Å². The van der Waals surface area contributed by atoms with Gasteiger partial charge in [0.15, 0.2) is 5.78 Å². The van der Waals surface area contributed by atoms with Crippen molar-refractivity contribution in [3.05, 3.63) is 36.0 Å². The molecule has 2 aliphatic carbocycles. The summed E-state index contributed by atoms with van der Waals surface area (Å²) in [5.41, 5.74) is 0.0615. The molecule has 0 aromatic heterocycles. The summed E-state index contributed by atoms with van der Waals surface area (Å²) in [6.45, 7) is 0. The highest BCUT2D eigenvalue weighted by Gasteiger charge is 2.31. The van der Waals surface area contributed by atoms with Gasteiger partial charge in [-0.15, -0.1) is 0 Å². The minimum atomic E-state index is -0.756. The van der Waals surface area contributed by atoms with Crippen LogP contribution in [0.5, 0.6) is 0 Å². The Labute approximate surface area is 109 Å². The van der Waals surface area contributed by atoms with Crippen molar-refractivity contribution in [2.45, 2.75) is 57.0 Å². The first-order valence-corrected chi connectivity index (χ1v) is 6.98. The van der Waals surface area contributed by atoms with Crippen molar-refractivity contribution in [2.75, 3.05) is 0 Å². The molecule has 2 heteroatoms. The van der Waals surface area contributed by atoms with E-state index in [0.29, 0.717) is 12.8 Å². The molecule has 2 aliphatic rings. The van der Waals surface area contributed by atoms with Crippen molar-refractivity contribution in [2.24, 2.45) is 0 Å². The largest absolute Gasteiger partial charge is 0.389 e. The predicted octanol–water partition coefficient (Wildman–Crippen LogP) is 3.47. The van der Waals surface area contributed by atoms with Crippen LogP contribution in [-0.2, 0) is 4.79 Å². The number of ketones is 1. The van der Waals surface area contributed by atoms with Crippen LogP contribution < -0.4 is 0 Å². The maximum absolute atomic E-state index is 12.2. The van der Waals surface area contributed by atoms with Crippen molar-refractivity contribution in [3.63, 3.8) is 0 Å². The molecule has 1 saturated carbocycles. The van der Waals surface area contributed by atoms with Crippen molar-refractivity contribution in [1.82, 2.24) is 0 Å². The van der Waals surface area contributed by atoms with E-state index in [0.717, 1.165) is 31.3 Å². The molecule has 0 radical (unpaired) electrons. The van der Waals surface area contributed by atoms with E-state index in [1.807, 2.05) is 30.4 Å². The molecule has 2 rings (SSSR count). The Bertz CT molecular complexity index is 380. The van der Waals surface area contributed by atoms with Crippen molar-refractivity contribution in [3.8, 4) is 0 Å². The van der Waals surface area contributed by atoms with Crippen LogP contribution in [0.2, 0.25) is 0 Å². The maximum atomic E-state index is 12.2. The molecule has 0 bridgehead atoms. The minimum Gasteiger partial charge on any atom is -0.389 e. The zero-order chi connectivity index (χ0) is 12.8. The van der Waals surface area contributed by atoms with E-state index in [1.54, 1.807) is 0 Å². The lowest BCUT2D eigenvalue weighted by Gasteiger charge is -2.26. The fraction of sp³-hybridized carbons (Fsp3) is 0.562. The quantitative estimate of drug-likeness (QED) is 0.774. The smallest absolute Gasteiger partial charge is 0.162 e. The highest BCUT2D eigenvalue weighted by molar-refractivity contribution is 5.96. The van der Waals surface area contributed by atoms with Gasteiger partial charge in [-0.1, -0.05) is 56.1 Å². The Morgan fingerprint density at radius 2 is 1.83 bits per heavy atom. The summed E-state index contributed by atoms with van der Waals surface area (Å²) in [7, 11) is 0. The number of hydrogen-bond acceptors (Lipinski definition) is 2. The molecular formula is C16H22O2. The zero-order valence-corrected chi connectivity index (χ0v) is 10.9. The van der Waals surface area contributed by atoms with E-state index >= 15 is 0 Å². The van der Waals surface area contributed by atoms with E-state index in [9.17, 15) is 9.90 Å². The average molecular weight is 246 g/mol. The molecular weight excluding hydrogens is 224 g/mol. The van der Waals surface area contributed by atoms with Crippen LogP contribution in [0, 0.1) is 0 Å². The van der Waals surface area contributed by atoms with Crippen LogP contribution in [0.3, 0.4) is 0 Å². The van der Waals surface area contributed by atoms with Gasteiger partial charge in [-0.25, -0.2) is 0 Å². The second-order valence-electron chi connectivity index (χ2n) is 5.45. The molecule has 0 atom stereocenters. The predicted molar refractivity (Wildman–Crippen MR) is 73.3 cm³/mol. The van der Waals surface area contributed by atoms with Crippen LogP contribution in [0.4, 0.5) is 0 Å². The second kappa shape index (κ2) is 6.14. The van der Waals surface area contributed by atoms with E-state index in [4.69, 9.17) is 0 Å². The van der Waals surface area contributed by atoms with Gasteiger partial charge in [-0.05, 0) is 24.8 Å². The molecule has 0 aromatic rings. The molecule has 0 aromatic carbocycles. The van der Waals surface area contributed by atoms with E-state index in [2.05, 4.69) is 0 Å². The molecule has 1 fully saturated rings. The Morgan fingerprint density at radius 1 is 1.11 bits per heavy atom. The topological polar surface area (TPSA) is 37.3 Å². The van der Waals surface area contributed by atoms with Gasteiger partial charge >= 0.3 is 0 Å². The van der Waals surface area contributed by atoms with E-state index < -0.39 is 5.60 Å². The van der Waals surface area contributed by atoms with Gasteiger partial charge < -0.3 is 5.11 Å². The summed E-state index contributed by atoms with van der Waals surface area (Å²) in [5, 5.41) is 10.5. The molecule has 0 aliphatic heterocycles. The summed E-state index contributed by atoms with van der Waals surface area (Å²) in [6.07, 6.45) is 16.6. The zero-order valence-electron chi connectivity index (χ0n) is 10.9. The lowest BCUT2D eigenvalue weighted by molar-refractivity contribution is -0.121. The van der Waals surface area contributed by atoms with Gasteiger partial charge in [-0.3, -0.25) is 4.79 Å². The summed E-state index contributed by atoms with van der Waals surface area (Å²) in [6, 6.07) is 0. The van der Waals surface area contributed by atoms with Gasteiger partial charge in [0.1, 0.15) is 0 Å². The SMILES string of the molecule is O=C(CC1(O)CCCCCC1)C1=CC=CC=CC1. The number of Topliss-reactive ketones (excluding diaryl/α,β-unsaturated/α-hetero) is 1. The monoisotopic (exact) mass is 246 g/mol. The number of rotatable bonds is 3. The normalized spacial score (nSPS) is 23.1. The number of aliphatic hydroxyl groups is 1. The first-order chi connectivity index (χ1) is 8.70. The lowest BCUT2D eigenvalue weighted by Crippen LogP contribution is -2.31. The Hall–Kier alpha value is -1.15. The van der Waals surface area contributed by atoms with E-state index in [1.165, 1.54) is 12.8 Å². The molecule has 0 unspecified atom stereocenters. The number of hydrogen-bond donors (Lipinski definition) is 1. The number of carbonyl (C=O) groups is 1. The lowest BCUT2D eigenvalue weighted by atomic mass is 9.86. The standard InChI is InChI=1S/C16H22O2/c17-15(14-9-5-1-2-6-10-14)13-16(18)11-7-3-4-8-12-16/h1-2,5-6,9,18H,3-4,7-8,10-13H2. The van der Waals surface area contributed by atoms with E-state index in [-0.39, 0.29) is 5.78 Å². The first-order valence-electron chi connectivity index (χ1n) is 6.98. The molecule has 0 amide bonds. The van der Waals surface area contributed by atoms with Crippen LogP contribution in [0.25, 0.3) is 0 Å². The van der Waals surface area contributed by atoms with Gasteiger partial charge in [0.05, 0.1) is 5.60 Å². The van der Waals surface area contributed by atoms with Crippen LogP contribution in [0.15, 0.2) is 36.0 Å². The Kier molecular flexibility index (Phi) is 4.54. The molecule has 0 spiro atoms. The van der Waals surface area contributed by atoms with Crippen LogP contribution in [0.1, 0.15) is 51.4 Å². The molecule has 0 saturated heterocycles. The molecule has 0 heterocycles. The molecule has 2 nitrogen and oxygen atoms in total. The average Bonchev–Trinajstić information content (AvgIpc) is 2.71. The van der Waals surface area contributed by atoms with Gasteiger partial charge in [-0.2, -0.15) is 0 Å². The molecule has 18 heavy (non-hydrogen) atoms. The third-order valence-corrected chi connectivity index (χ3v) is 3.88. The molecule has 1 N–H and O–H groups in total. The Morgan fingerprint density at radius 3 is 2.56 bits per heavy atom. The van der Waals surface area contributed by atoms with Gasteiger partial charge in [0, 0.05) is 6.42 Å². The fourth-order valence-electron chi connectivity index (χ4n) is 2.76.